The fraction of sp³-hybridized carbons (Fsp3) is 0.167. The molecule has 0 atom stereocenters. The quantitative estimate of drug-likeness (QED) is 0.342. The van der Waals surface area contributed by atoms with Gasteiger partial charge in [-0.25, -0.2) is 9.97 Å². The van der Waals surface area contributed by atoms with E-state index in [-0.39, 0.29) is 51.1 Å². The second-order valence-electron chi connectivity index (χ2n) is 7.36. The molecule has 176 valence electrons. The van der Waals surface area contributed by atoms with Crippen LogP contribution in [0.1, 0.15) is 28.4 Å². The first-order valence-corrected chi connectivity index (χ1v) is 10.0. The number of hydrogen-bond acceptors (Lipinski definition) is 6. The van der Waals surface area contributed by atoms with Crippen LogP contribution in [0.15, 0.2) is 39.6 Å². The van der Waals surface area contributed by atoms with Crippen LogP contribution in [0.5, 0.6) is 0 Å². The van der Waals surface area contributed by atoms with Gasteiger partial charge in [0.25, 0.3) is 5.56 Å². The van der Waals surface area contributed by atoms with Gasteiger partial charge in [0, 0.05) is 11.6 Å². The average molecular weight is 479 g/mol. The van der Waals surface area contributed by atoms with Crippen molar-refractivity contribution in [2.75, 3.05) is 7.11 Å². The van der Waals surface area contributed by atoms with Crippen LogP contribution in [0.25, 0.3) is 34.0 Å². The van der Waals surface area contributed by atoms with Crippen molar-refractivity contribution in [3.63, 3.8) is 0 Å². The Morgan fingerprint density at radius 1 is 1.26 bits per heavy atom. The van der Waals surface area contributed by atoms with Crippen molar-refractivity contribution in [1.82, 2.24) is 19.6 Å². The number of oxazole rings is 1. The maximum absolute atomic E-state index is 14.0. The Morgan fingerprint density at radius 3 is 2.60 bits per heavy atom. The smallest absolute Gasteiger partial charge is 0.433 e. The molecule has 1 N–H and O–H groups in total. The van der Waals surface area contributed by atoms with E-state index in [0.29, 0.717) is 4.52 Å². The highest BCUT2D eigenvalue weighted by molar-refractivity contribution is 5.84. The summed E-state index contributed by atoms with van der Waals surface area (Å²) in [4.78, 5) is 22.0. The van der Waals surface area contributed by atoms with Crippen LogP contribution in [0.3, 0.4) is 0 Å². The molecule has 0 aliphatic heterocycles. The third-order valence-corrected chi connectivity index (χ3v) is 5.24. The highest BCUT2D eigenvalue weighted by Crippen LogP contribution is 2.39. The number of fused-ring (bicyclic) bond motifs is 1. The van der Waals surface area contributed by atoms with Crippen molar-refractivity contribution < 1.29 is 22.3 Å². The Kier molecular flexibility index (Phi) is 5.71. The molecule has 4 rings (SSSR count). The number of nitriles is 1. The number of aryl methyl sites for hydroxylation is 2. The first kappa shape index (κ1) is 23.4. The monoisotopic (exact) mass is 479 g/mol. The summed E-state index contributed by atoms with van der Waals surface area (Å²) in [6.07, 6.45) is 1.74. The topological polar surface area (TPSA) is 109 Å². The molecule has 4 aromatic rings. The fourth-order valence-electron chi connectivity index (χ4n) is 3.72. The number of aromatic amines is 1. The van der Waals surface area contributed by atoms with Crippen LogP contribution in [0, 0.1) is 37.5 Å². The normalized spacial score (nSPS) is 11.9. The summed E-state index contributed by atoms with van der Waals surface area (Å²) >= 11 is 0. The summed E-state index contributed by atoms with van der Waals surface area (Å²) in [5.74, 6) is 2.63. The third-order valence-electron chi connectivity index (χ3n) is 5.24. The number of benzene rings is 1. The number of methoxy groups -OCH3 is 1. The lowest BCUT2D eigenvalue weighted by atomic mass is 10.00. The number of hydrogen-bond donors (Lipinski definition) is 1. The van der Waals surface area contributed by atoms with Crippen LogP contribution in [0.4, 0.5) is 13.2 Å². The third kappa shape index (κ3) is 3.83. The zero-order valence-corrected chi connectivity index (χ0v) is 18.6. The minimum absolute atomic E-state index is 0.00385. The molecule has 0 amide bonds. The van der Waals surface area contributed by atoms with E-state index in [9.17, 15) is 23.2 Å². The first-order chi connectivity index (χ1) is 16.6. The molecule has 0 spiro atoms. The van der Waals surface area contributed by atoms with E-state index in [2.05, 4.69) is 21.0 Å². The molecule has 35 heavy (non-hydrogen) atoms. The van der Waals surface area contributed by atoms with Crippen LogP contribution < -0.4 is 5.56 Å². The summed E-state index contributed by atoms with van der Waals surface area (Å²) in [6.45, 7) is 3.02. The second-order valence-corrected chi connectivity index (χ2v) is 7.36. The van der Waals surface area contributed by atoms with Crippen LogP contribution in [-0.4, -0.2) is 26.7 Å². The lowest BCUT2D eigenvalue weighted by Gasteiger charge is -2.08. The highest BCUT2D eigenvalue weighted by Gasteiger charge is 2.39. The Labute approximate surface area is 196 Å². The number of terminal acetylenes is 1. The lowest BCUT2D eigenvalue weighted by Crippen LogP contribution is -2.20. The van der Waals surface area contributed by atoms with Gasteiger partial charge in [-0.1, -0.05) is 24.1 Å². The van der Waals surface area contributed by atoms with Gasteiger partial charge in [-0.05, 0) is 19.9 Å². The van der Waals surface area contributed by atoms with Crippen LogP contribution in [0.2, 0.25) is 0 Å². The SMILES string of the molecule is C#C/C=C(/OC)c1nc(-c2c(C)nc3c(-c4ccccc4C#N)c(C(F)(F)F)[nH]n3c2=O)oc1C. The molecule has 0 aliphatic carbocycles. The molecular weight excluding hydrogens is 463 g/mol. The second kappa shape index (κ2) is 8.54. The predicted molar refractivity (Wildman–Crippen MR) is 120 cm³/mol. The first-order valence-electron chi connectivity index (χ1n) is 10.0. The van der Waals surface area contributed by atoms with Crippen molar-refractivity contribution in [1.29, 1.82) is 5.26 Å². The van der Waals surface area contributed by atoms with Gasteiger partial charge in [0.15, 0.2) is 11.4 Å². The average Bonchev–Trinajstić information content (AvgIpc) is 3.38. The molecule has 0 fully saturated rings. The minimum atomic E-state index is -4.87. The number of ether oxygens (including phenoxy) is 1. The van der Waals surface area contributed by atoms with E-state index in [1.54, 1.807) is 6.92 Å². The van der Waals surface area contributed by atoms with E-state index >= 15 is 0 Å². The fourth-order valence-corrected chi connectivity index (χ4v) is 3.72. The van der Waals surface area contributed by atoms with E-state index in [0.717, 1.165) is 0 Å². The maximum atomic E-state index is 14.0. The van der Waals surface area contributed by atoms with Crippen molar-refractivity contribution in [2.24, 2.45) is 0 Å². The van der Waals surface area contributed by atoms with E-state index < -0.39 is 23.0 Å². The number of halogens is 3. The minimum Gasteiger partial charge on any atom is -0.494 e. The Morgan fingerprint density at radius 2 is 1.97 bits per heavy atom. The van der Waals surface area contributed by atoms with Crippen LogP contribution in [-0.2, 0) is 10.9 Å². The van der Waals surface area contributed by atoms with E-state index in [4.69, 9.17) is 15.6 Å². The number of nitrogens with zero attached hydrogens (tertiary/aromatic N) is 4. The van der Waals surface area contributed by atoms with Crippen molar-refractivity contribution in [3.8, 4) is 41.0 Å². The molecule has 0 radical (unpaired) electrons. The summed E-state index contributed by atoms with van der Waals surface area (Å²) in [7, 11) is 1.38. The van der Waals surface area contributed by atoms with Crippen LogP contribution >= 0.6 is 0 Å². The van der Waals surface area contributed by atoms with Gasteiger partial charge >= 0.3 is 6.18 Å². The number of nitrogens with one attached hydrogen (secondary N) is 1. The van der Waals surface area contributed by atoms with Gasteiger partial charge in [-0.2, -0.15) is 22.9 Å². The molecule has 0 unspecified atom stereocenters. The maximum Gasteiger partial charge on any atom is 0.433 e. The summed E-state index contributed by atoms with van der Waals surface area (Å²) in [5, 5.41) is 11.5. The number of allylic oxidation sites excluding steroid dienone is 1. The van der Waals surface area contributed by atoms with E-state index in [1.807, 2.05) is 6.07 Å². The Bertz CT molecular complexity index is 1640. The molecule has 1 aromatic carbocycles. The summed E-state index contributed by atoms with van der Waals surface area (Å²) < 4.78 is 53.5. The number of aromatic nitrogens is 4. The van der Waals surface area contributed by atoms with Crippen molar-refractivity contribution >= 4 is 11.4 Å². The van der Waals surface area contributed by atoms with Crippen molar-refractivity contribution in [3.05, 3.63) is 69.1 Å². The van der Waals surface area contributed by atoms with E-state index in [1.165, 1.54) is 44.4 Å². The van der Waals surface area contributed by atoms with Gasteiger partial charge in [-0.15, -0.1) is 6.42 Å². The summed E-state index contributed by atoms with van der Waals surface area (Å²) in [5.41, 5.74) is -2.65. The zero-order valence-electron chi connectivity index (χ0n) is 18.6. The summed E-state index contributed by atoms with van der Waals surface area (Å²) in [6, 6.07) is 7.64. The molecule has 0 saturated heterocycles. The zero-order chi connectivity index (χ0) is 25.5. The standard InChI is InChI=1S/C24H16F3N5O3/c1-5-8-16(34-4)19-13(3)35-22(30-19)17-12(2)29-21-18(15-10-7-6-9-14(15)11-28)20(24(25,26)27)31-32(21)23(17)33/h1,6-10,31H,2-4H3/b16-8+. The Balaban J connectivity index is 2.05. The molecule has 0 bridgehead atoms. The molecule has 0 saturated carbocycles. The Hall–Kier alpha value is -4.77. The molecule has 3 aromatic heterocycles. The predicted octanol–water partition coefficient (Wildman–Crippen LogP) is 4.47. The highest BCUT2D eigenvalue weighted by atomic mass is 19.4. The molecular formula is C24H16F3N5O3. The van der Waals surface area contributed by atoms with Gasteiger partial charge in [0.05, 0.1) is 30.0 Å². The molecule has 8 nitrogen and oxygen atoms in total. The number of alkyl halides is 3. The van der Waals surface area contributed by atoms with Gasteiger partial charge in [-0.3, -0.25) is 9.89 Å². The van der Waals surface area contributed by atoms with Gasteiger partial charge in [0.1, 0.15) is 22.7 Å². The van der Waals surface area contributed by atoms with Crippen molar-refractivity contribution in [2.45, 2.75) is 20.0 Å². The molecule has 11 heteroatoms. The molecule has 3 heterocycles. The van der Waals surface area contributed by atoms with Gasteiger partial charge < -0.3 is 9.15 Å². The van der Waals surface area contributed by atoms with Gasteiger partial charge in [0.2, 0.25) is 5.89 Å². The lowest BCUT2D eigenvalue weighted by molar-refractivity contribution is -0.140. The largest absolute Gasteiger partial charge is 0.494 e. The number of H-pyrrole nitrogens is 1. The number of rotatable bonds is 4. The molecule has 0 aliphatic rings.